The zero-order chi connectivity index (χ0) is 24.3. The van der Waals surface area contributed by atoms with Crippen LogP contribution in [0.4, 0.5) is 8.78 Å². The lowest BCUT2D eigenvalue weighted by molar-refractivity contribution is 0.206. The molecule has 0 aliphatic carbocycles. The van der Waals surface area contributed by atoms with Crippen LogP contribution in [0.5, 0.6) is 5.75 Å². The molecule has 0 aromatic heterocycles. The molecule has 0 fully saturated rings. The summed E-state index contributed by atoms with van der Waals surface area (Å²) in [4.78, 5) is 0. The molecule has 3 aromatic carbocycles. The lowest BCUT2D eigenvalue weighted by Crippen LogP contribution is -2.11. The highest BCUT2D eigenvalue weighted by molar-refractivity contribution is 5.71. The highest BCUT2D eigenvalue weighted by Gasteiger charge is 2.14. The van der Waals surface area contributed by atoms with Crippen molar-refractivity contribution in [3.8, 4) is 28.0 Å². The molecule has 3 aromatic rings. The molecule has 3 heteroatoms. The van der Waals surface area contributed by atoms with Crippen LogP contribution >= 0.6 is 0 Å². The zero-order valence-corrected chi connectivity index (χ0v) is 20.9. The number of hydrogen-bond acceptors (Lipinski definition) is 1. The molecule has 0 aliphatic rings. The van der Waals surface area contributed by atoms with Gasteiger partial charge in [-0.25, -0.2) is 8.78 Å². The van der Waals surface area contributed by atoms with E-state index in [1.165, 1.54) is 25.7 Å². The van der Waals surface area contributed by atoms with Gasteiger partial charge in [-0.05, 0) is 67.0 Å². The first-order valence-corrected chi connectivity index (χ1v) is 12.9. The first-order chi connectivity index (χ1) is 16.5. The second-order valence-corrected chi connectivity index (χ2v) is 9.24. The number of aryl methyl sites for hydroxylation is 1. The van der Waals surface area contributed by atoms with Crippen molar-refractivity contribution < 1.29 is 13.5 Å². The van der Waals surface area contributed by atoms with Gasteiger partial charge in [-0.1, -0.05) is 94.5 Å². The largest absolute Gasteiger partial charge is 0.491 e. The van der Waals surface area contributed by atoms with Gasteiger partial charge in [0.05, 0.1) is 6.10 Å². The third-order valence-electron chi connectivity index (χ3n) is 6.40. The lowest BCUT2D eigenvalue weighted by atomic mass is 9.97. The fraction of sp³-hybridized carbons (Fsp3) is 0.419. The Labute approximate surface area is 204 Å². The molecular formula is C31H38F2O. The standard InChI is InChI=1S/C31H38F2O/c1-4-6-8-10-11-23(3)34-28-20-17-25(18-21-28)24-13-15-26(16-14-24)29-22-19-27(12-9-7-5-2)30(32)31(29)33/h13-23H,4-12H2,1-3H3/t23-/m0/s1. The van der Waals surface area contributed by atoms with E-state index in [1.54, 1.807) is 12.1 Å². The van der Waals surface area contributed by atoms with E-state index in [0.29, 0.717) is 23.1 Å². The van der Waals surface area contributed by atoms with E-state index in [1.807, 2.05) is 48.5 Å². The average Bonchev–Trinajstić information content (AvgIpc) is 2.85. The van der Waals surface area contributed by atoms with Gasteiger partial charge >= 0.3 is 0 Å². The van der Waals surface area contributed by atoms with Crippen LogP contribution in [0.25, 0.3) is 22.3 Å². The molecule has 0 saturated heterocycles. The molecule has 1 nitrogen and oxygen atoms in total. The van der Waals surface area contributed by atoms with Gasteiger partial charge in [0.1, 0.15) is 5.75 Å². The van der Waals surface area contributed by atoms with E-state index in [4.69, 9.17) is 4.74 Å². The number of rotatable bonds is 13. The third-order valence-corrected chi connectivity index (χ3v) is 6.40. The number of ether oxygens (including phenoxy) is 1. The van der Waals surface area contributed by atoms with E-state index in [0.717, 1.165) is 42.6 Å². The predicted octanol–water partition coefficient (Wildman–Crippen LogP) is 9.77. The smallest absolute Gasteiger partial charge is 0.166 e. The maximum atomic E-state index is 14.8. The van der Waals surface area contributed by atoms with Gasteiger partial charge < -0.3 is 4.74 Å². The Bertz CT molecular complexity index is 1010. The molecule has 1 atom stereocenters. The minimum absolute atomic E-state index is 0.204. The van der Waals surface area contributed by atoms with Crippen LogP contribution in [-0.2, 0) is 6.42 Å². The second kappa shape index (κ2) is 13.3. The molecule has 0 unspecified atom stereocenters. The highest BCUT2D eigenvalue weighted by atomic mass is 19.2. The summed E-state index contributed by atoms with van der Waals surface area (Å²) in [6.45, 7) is 6.45. The van der Waals surface area contributed by atoms with Gasteiger partial charge in [0.25, 0.3) is 0 Å². The Hall–Kier alpha value is -2.68. The van der Waals surface area contributed by atoms with Gasteiger partial charge in [-0.3, -0.25) is 0 Å². The minimum Gasteiger partial charge on any atom is -0.491 e. The lowest BCUT2D eigenvalue weighted by Gasteiger charge is -2.15. The number of halogens is 2. The van der Waals surface area contributed by atoms with Crippen molar-refractivity contribution in [1.82, 2.24) is 0 Å². The average molecular weight is 465 g/mol. The van der Waals surface area contributed by atoms with Gasteiger partial charge in [0.2, 0.25) is 0 Å². The molecule has 0 N–H and O–H groups in total. The van der Waals surface area contributed by atoms with Crippen molar-refractivity contribution in [1.29, 1.82) is 0 Å². The molecule has 0 radical (unpaired) electrons. The Morgan fingerprint density at radius 1 is 0.647 bits per heavy atom. The SMILES string of the molecule is CCCCCC[C@H](C)Oc1ccc(-c2ccc(-c3ccc(CCCCC)c(F)c3F)cc2)cc1. The van der Waals surface area contributed by atoms with Crippen LogP contribution in [0.15, 0.2) is 60.7 Å². The molecule has 0 aliphatic heterocycles. The molecule has 0 bridgehead atoms. The summed E-state index contributed by atoms with van der Waals surface area (Å²) in [5, 5.41) is 0. The quantitative estimate of drug-likeness (QED) is 0.229. The fourth-order valence-corrected chi connectivity index (χ4v) is 4.29. The highest BCUT2D eigenvalue weighted by Crippen LogP contribution is 2.30. The van der Waals surface area contributed by atoms with E-state index >= 15 is 0 Å². The molecule has 3 rings (SSSR count). The fourth-order valence-electron chi connectivity index (χ4n) is 4.29. The van der Waals surface area contributed by atoms with E-state index in [9.17, 15) is 8.78 Å². The van der Waals surface area contributed by atoms with Crippen LogP contribution in [0, 0.1) is 11.6 Å². The van der Waals surface area contributed by atoms with Crippen LogP contribution in [0.1, 0.15) is 77.7 Å². The first kappa shape index (κ1) is 25.9. The Morgan fingerprint density at radius 2 is 1.24 bits per heavy atom. The molecule has 0 heterocycles. The Morgan fingerprint density at radius 3 is 1.88 bits per heavy atom. The summed E-state index contributed by atoms with van der Waals surface area (Å²) in [6.07, 6.45) is 9.80. The van der Waals surface area contributed by atoms with Crippen LogP contribution < -0.4 is 4.74 Å². The summed E-state index contributed by atoms with van der Waals surface area (Å²) in [7, 11) is 0. The normalized spacial score (nSPS) is 12.0. The van der Waals surface area contributed by atoms with Gasteiger partial charge in [0, 0.05) is 5.56 Å². The Kier molecular flexibility index (Phi) is 10.1. The van der Waals surface area contributed by atoms with Crippen molar-refractivity contribution >= 4 is 0 Å². The summed E-state index contributed by atoms with van der Waals surface area (Å²) < 4.78 is 35.4. The van der Waals surface area contributed by atoms with Gasteiger partial charge in [-0.2, -0.15) is 0 Å². The van der Waals surface area contributed by atoms with Crippen molar-refractivity contribution in [2.45, 2.75) is 84.7 Å². The number of unbranched alkanes of at least 4 members (excludes halogenated alkanes) is 5. The summed E-state index contributed by atoms with van der Waals surface area (Å²) in [5.41, 5.74) is 3.54. The topological polar surface area (TPSA) is 9.23 Å². The molecule has 0 spiro atoms. The predicted molar refractivity (Wildman–Crippen MR) is 139 cm³/mol. The van der Waals surface area contributed by atoms with Crippen molar-refractivity contribution in [2.24, 2.45) is 0 Å². The molecule has 0 saturated carbocycles. The monoisotopic (exact) mass is 464 g/mol. The van der Waals surface area contributed by atoms with Crippen molar-refractivity contribution in [3.05, 3.63) is 77.9 Å². The van der Waals surface area contributed by atoms with Crippen molar-refractivity contribution in [3.63, 3.8) is 0 Å². The Balaban J connectivity index is 1.64. The van der Waals surface area contributed by atoms with E-state index in [-0.39, 0.29) is 6.10 Å². The first-order valence-electron chi connectivity index (χ1n) is 12.9. The number of hydrogen-bond donors (Lipinski definition) is 0. The number of benzene rings is 3. The van der Waals surface area contributed by atoms with Crippen molar-refractivity contribution in [2.75, 3.05) is 0 Å². The summed E-state index contributed by atoms with van der Waals surface area (Å²) in [6, 6.07) is 19.1. The minimum atomic E-state index is -0.757. The second-order valence-electron chi connectivity index (χ2n) is 9.24. The molecule has 182 valence electrons. The van der Waals surface area contributed by atoms with E-state index < -0.39 is 11.6 Å². The molecule has 34 heavy (non-hydrogen) atoms. The van der Waals surface area contributed by atoms with Gasteiger partial charge in [0.15, 0.2) is 11.6 Å². The zero-order valence-electron chi connectivity index (χ0n) is 20.9. The van der Waals surface area contributed by atoms with E-state index in [2.05, 4.69) is 20.8 Å². The summed E-state index contributed by atoms with van der Waals surface area (Å²) >= 11 is 0. The maximum Gasteiger partial charge on any atom is 0.166 e. The third kappa shape index (κ3) is 7.16. The van der Waals surface area contributed by atoms with Crippen LogP contribution in [-0.4, -0.2) is 6.10 Å². The van der Waals surface area contributed by atoms with Crippen LogP contribution in [0.3, 0.4) is 0 Å². The van der Waals surface area contributed by atoms with Gasteiger partial charge in [-0.15, -0.1) is 0 Å². The summed E-state index contributed by atoms with van der Waals surface area (Å²) in [5.74, 6) is -0.597. The van der Waals surface area contributed by atoms with Crippen LogP contribution in [0.2, 0.25) is 0 Å². The molecular weight excluding hydrogens is 426 g/mol. The molecule has 0 amide bonds. The maximum absolute atomic E-state index is 14.8.